The number of carbonyl (C=O) groups excluding carboxylic acids is 4. The van der Waals surface area contributed by atoms with Crippen molar-refractivity contribution in [3.05, 3.63) is 83.4 Å². The predicted octanol–water partition coefficient (Wildman–Crippen LogP) is 5.56. The van der Waals surface area contributed by atoms with E-state index >= 15 is 0 Å². The second-order valence-electron chi connectivity index (χ2n) is 11.4. The van der Waals surface area contributed by atoms with Crippen molar-refractivity contribution in [1.82, 2.24) is 20.7 Å². The molecule has 4 N–H and O–H groups in total. The van der Waals surface area contributed by atoms with Gasteiger partial charge in [-0.15, -0.1) is 11.3 Å². The first kappa shape index (κ1) is 36.2. The highest BCUT2D eigenvalue weighted by atomic mass is 32.1. The zero-order valence-corrected chi connectivity index (χ0v) is 27.3. The van der Waals surface area contributed by atoms with Gasteiger partial charge in [-0.2, -0.15) is 0 Å². The molecule has 0 aliphatic heterocycles. The predicted molar refractivity (Wildman–Crippen MR) is 177 cm³/mol. The van der Waals surface area contributed by atoms with E-state index in [0.717, 1.165) is 11.1 Å². The number of thiazole rings is 1. The molecule has 0 bridgehead atoms. The lowest BCUT2D eigenvalue weighted by Crippen LogP contribution is -2.51. The Morgan fingerprint density at radius 3 is 2.33 bits per heavy atom. The Balaban J connectivity index is 1.65. The van der Waals surface area contributed by atoms with Gasteiger partial charge in [0.1, 0.15) is 12.6 Å². The van der Waals surface area contributed by atoms with Crippen molar-refractivity contribution in [3.8, 4) is 0 Å². The van der Waals surface area contributed by atoms with Gasteiger partial charge in [0, 0.05) is 18.1 Å². The minimum Gasteiger partial charge on any atom is -0.445 e. The van der Waals surface area contributed by atoms with Gasteiger partial charge in [-0.05, 0) is 55.6 Å². The van der Waals surface area contributed by atoms with E-state index in [4.69, 9.17) is 4.74 Å². The van der Waals surface area contributed by atoms with Crippen LogP contribution in [0.25, 0.3) is 0 Å². The van der Waals surface area contributed by atoms with E-state index in [0.29, 0.717) is 68.1 Å². The Morgan fingerprint density at radius 1 is 1.00 bits per heavy atom. The molecule has 1 heterocycles. The van der Waals surface area contributed by atoms with Crippen molar-refractivity contribution >= 4 is 40.8 Å². The van der Waals surface area contributed by atoms with Crippen LogP contribution in [0.5, 0.6) is 0 Å². The normalized spacial score (nSPS) is 13.5. The highest BCUT2D eigenvalue weighted by Crippen LogP contribution is 2.26. The van der Waals surface area contributed by atoms with E-state index in [1.807, 2.05) is 74.5 Å². The molecule has 0 radical (unpaired) electrons. The van der Waals surface area contributed by atoms with Crippen LogP contribution in [-0.4, -0.2) is 58.2 Å². The molecule has 0 aliphatic rings. The number of unbranched alkanes of at least 4 members (excludes halogenated alkanes) is 1. The molecule has 248 valence electrons. The zero-order valence-electron chi connectivity index (χ0n) is 26.5. The number of nitrogens with zero attached hydrogens (tertiary/aromatic N) is 2. The van der Waals surface area contributed by atoms with Crippen molar-refractivity contribution in [3.63, 3.8) is 0 Å². The van der Waals surface area contributed by atoms with Gasteiger partial charge in [0.15, 0.2) is 5.13 Å². The number of alkyl carbamates (subject to hydrolysis) is 1. The van der Waals surface area contributed by atoms with E-state index in [1.54, 1.807) is 11.6 Å². The molecule has 0 spiro atoms. The van der Waals surface area contributed by atoms with Crippen LogP contribution in [0.4, 0.5) is 9.93 Å². The number of hydrogen-bond donors (Lipinski definition) is 4. The number of rotatable bonds is 20. The number of anilines is 1. The van der Waals surface area contributed by atoms with Crippen LogP contribution >= 0.6 is 11.3 Å². The van der Waals surface area contributed by atoms with Crippen LogP contribution in [0.1, 0.15) is 63.5 Å². The SMILES string of the molecule is CCC[C@@H]([C@@H](CC(C)Cc1ccccc1)C(=O)N[C@@H](CCCCNC(=O)OCc1ccccc1)C(=O)Nc1nccs1)N(O)C=O. The third-order valence-electron chi connectivity index (χ3n) is 7.61. The summed E-state index contributed by atoms with van der Waals surface area (Å²) in [7, 11) is 0. The quantitative estimate of drug-likeness (QED) is 0.0540. The standard InChI is InChI=1S/C34H45N5O6S/c1-3-12-30(39(44)24-40)28(22-25(2)21-26-13-6-4-7-14-26)31(41)37-29(32(42)38-33-35-19-20-46-33)17-10-11-18-36-34(43)45-23-27-15-8-5-9-16-27/h4-9,13-16,19-20,24-25,28-30,44H,3,10-12,17-18,21-23H2,1-2H3,(H,36,43)(H,37,41)(H,35,38,42)/t25?,28-,29+,30+/m1/s1. The fraction of sp³-hybridized carbons (Fsp3) is 0.441. The summed E-state index contributed by atoms with van der Waals surface area (Å²) in [5.74, 6) is -1.54. The van der Waals surface area contributed by atoms with E-state index in [9.17, 15) is 24.4 Å². The van der Waals surface area contributed by atoms with Crippen molar-refractivity contribution in [2.45, 2.75) is 77.5 Å². The second-order valence-corrected chi connectivity index (χ2v) is 12.2. The fourth-order valence-corrected chi connectivity index (χ4v) is 5.86. The maximum Gasteiger partial charge on any atom is 0.407 e. The molecular weight excluding hydrogens is 606 g/mol. The summed E-state index contributed by atoms with van der Waals surface area (Å²) >= 11 is 1.26. The Hall–Kier alpha value is -4.29. The summed E-state index contributed by atoms with van der Waals surface area (Å²) < 4.78 is 5.25. The van der Waals surface area contributed by atoms with Crippen LogP contribution < -0.4 is 16.0 Å². The molecule has 4 amide bonds. The third-order valence-corrected chi connectivity index (χ3v) is 8.30. The number of nitrogens with one attached hydrogen (secondary N) is 3. The average Bonchev–Trinajstić information content (AvgIpc) is 3.58. The largest absolute Gasteiger partial charge is 0.445 e. The van der Waals surface area contributed by atoms with Gasteiger partial charge in [-0.3, -0.25) is 19.6 Å². The fourth-order valence-electron chi connectivity index (χ4n) is 5.33. The first-order valence-electron chi connectivity index (χ1n) is 15.7. The van der Waals surface area contributed by atoms with Crippen LogP contribution in [0.15, 0.2) is 72.2 Å². The average molecular weight is 652 g/mol. The van der Waals surface area contributed by atoms with Crippen LogP contribution in [-0.2, 0) is 32.1 Å². The molecule has 1 unspecified atom stereocenters. The number of amides is 4. The number of carbonyl (C=O) groups is 4. The molecular formula is C34H45N5O6S. The molecule has 0 saturated carbocycles. The smallest absolute Gasteiger partial charge is 0.407 e. The van der Waals surface area contributed by atoms with Crippen molar-refractivity contribution < 1.29 is 29.1 Å². The number of benzene rings is 2. The summed E-state index contributed by atoms with van der Waals surface area (Å²) in [4.78, 5) is 55.1. The van der Waals surface area contributed by atoms with Gasteiger partial charge in [0.25, 0.3) is 0 Å². The summed E-state index contributed by atoms with van der Waals surface area (Å²) in [5.41, 5.74) is 2.00. The van der Waals surface area contributed by atoms with E-state index < -0.39 is 35.9 Å². The number of hydroxylamine groups is 2. The molecule has 3 aromatic rings. The number of ether oxygens (including phenoxy) is 1. The van der Waals surface area contributed by atoms with Crippen LogP contribution in [0.2, 0.25) is 0 Å². The lowest BCUT2D eigenvalue weighted by molar-refractivity contribution is -0.169. The summed E-state index contributed by atoms with van der Waals surface area (Å²) in [6.45, 7) is 4.45. The summed E-state index contributed by atoms with van der Waals surface area (Å²) in [5, 5.41) is 21.6. The molecule has 3 rings (SSSR count). The number of aromatic nitrogens is 1. The first-order chi connectivity index (χ1) is 22.3. The lowest BCUT2D eigenvalue weighted by atomic mass is 9.84. The molecule has 0 aliphatic carbocycles. The van der Waals surface area contributed by atoms with Gasteiger partial charge in [0.2, 0.25) is 18.2 Å². The molecule has 0 saturated heterocycles. The Labute approximate surface area is 274 Å². The maximum atomic E-state index is 13.9. The van der Waals surface area contributed by atoms with Gasteiger partial charge in [-0.25, -0.2) is 14.8 Å². The zero-order chi connectivity index (χ0) is 33.1. The summed E-state index contributed by atoms with van der Waals surface area (Å²) in [6, 6.07) is 17.6. The van der Waals surface area contributed by atoms with Crippen molar-refractivity contribution in [2.75, 3.05) is 11.9 Å². The Bertz CT molecular complexity index is 1330. The van der Waals surface area contributed by atoms with E-state index in [1.165, 1.54) is 11.3 Å². The monoisotopic (exact) mass is 651 g/mol. The molecule has 46 heavy (non-hydrogen) atoms. The first-order valence-corrected chi connectivity index (χ1v) is 16.6. The van der Waals surface area contributed by atoms with Crippen LogP contribution in [0.3, 0.4) is 0 Å². The van der Waals surface area contributed by atoms with Gasteiger partial charge >= 0.3 is 6.09 Å². The molecule has 12 heteroatoms. The summed E-state index contributed by atoms with van der Waals surface area (Å²) in [6.07, 6.45) is 4.88. The Kier molecular flexibility index (Phi) is 15.7. The number of hydrogen-bond acceptors (Lipinski definition) is 8. The molecule has 4 atom stereocenters. The van der Waals surface area contributed by atoms with Gasteiger partial charge in [0.05, 0.1) is 12.0 Å². The van der Waals surface area contributed by atoms with Gasteiger partial charge in [-0.1, -0.05) is 80.9 Å². The third kappa shape index (κ3) is 12.6. The van der Waals surface area contributed by atoms with Gasteiger partial charge < -0.3 is 20.7 Å². The topological polar surface area (TPSA) is 150 Å². The highest BCUT2D eigenvalue weighted by Gasteiger charge is 2.35. The minimum atomic E-state index is -0.904. The molecule has 2 aromatic carbocycles. The van der Waals surface area contributed by atoms with E-state index in [-0.39, 0.29) is 12.5 Å². The van der Waals surface area contributed by atoms with Crippen molar-refractivity contribution in [2.24, 2.45) is 11.8 Å². The molecule has 0 fully saturated rings. The molecule has 11 nitrogen and oxygen atoms in total. The molecule has 1 aromatic heterocycles. The second kappa shape index (κ2) is 20.0. The maximum absolute atomic E-state index is 13.9. The Morgan fingerprint density at radius 2 is 1.70 bits per heavy atom. The lowest BCUT2D eigenvalue weighted by Gasteiger charge is -2.32. The highest BCUT2D eigenvalue weighted by molar-refractivity contribution is 7.13. The van der Waals surface area contributed by atoms with Crippen LogP contribution in [0, 0.1) is 11.8 Å². The minimum absolute atomic E-state index is 0.0490. The van der Waals surface area contributed by atoms with Crippen molar-refractivity contribution in [1.29, 1.82) is 0 Å². The van der Waals surface area contributed by atoms with E-state index in [2.05, 4.69) is 20.9 Å².